The molecule has 2 aromatic rings. The molecule has 1 aromatic carbocycles. The summed E-state index contributed by atoms with van der Waals surface area (Å²) >= 11 is 0. The van der Waals surface area contributed by atoms with Crippen LogP contribution in [-0.4, -0.2) is 25.2 Å². The van der Waals surface area contributed by atoms with Crippen molar-refractivity contribution in [1.29, 1.82) is 5.26 Å². The average Bonchev–Trinajstić information content (AvgIpc) is 3.15. The number of nitriles is 1. The Balaban J connectivity index is 2.11. The maximum absolute atomic E-state index is 11.9. The second-order valence-electron chi connectivity index (χ2n) is 5.66. The van der Waals surface area contributed by atoms with Gasteiger partial charge < -0.3 is 13.9 Å². The molecule has 140 valence electrons. The van der Waals surface area contributed by atoms with Crippen molar-refractivity contribution in [3.63, 3.8) is 0 Å². The predicted octanol–water partition coefficient (Wildman–Crippen LogP) is 4.37. The molecule has 0 amide bonds. The molecule has 0 radical (unpaired) electrons. The molecule has 1 heterocycles. The van der Waals surface area contributed by atoms with Crippen LogP contribution in [0.25, 0.3) is 17.4 Å². The van der Waals surface area contributed by atoms with Crippen LogP contribution in [0.15, 0.2) is 46.4 Å². The normalized spacial score (nSPS) is 10.9. The summed E-state index contributed by atoms with van der Waals surface area (Å²) in [6, 6.07) is 12.0. The van der Waals surface area contributed by atoms with E-state index in [1.165, 1.54) is 6.08 Å². The van der Waals surface area contributed by atoms with Gasteiger partial charge in [-0.3, -0.25) is 0 Å². The lowest BCUT2D eigenvalue weighted by Crippen LogP contribution is -2.06. The van der Waals surface area contributed by atoms with E-state index in [9.17, 15) is 9.59 Å². The van der Waals surface area contributed by atoms with Gasteiger partial charge in [-0.15, -0.1) is 0 Å². The number of nitrogens with zero attached hydrogens (tertiary/aromatic N) is 1. The summed E-state index contributed by atoms with van der Waals surface area (Å²) in [5.41, 5.74) is 1.09. The number of carbonyl (C=O) groups excluding carboxylic acids is 2. The van der Waals surface area contributed by atoms with Crippen molar-refractivity contribution in [2.45, 2.75) is 26.7 Å². The number of carbonyl (C=O) groups is 2. The predicted molar refractivity (Wildman–Crippen MR) is 99.6 cm³/mol. The van der Waals surface area contributed by atoms with E-state index in [0.717, 1.165) is 18.4 Å². The third-order valence-corrected chi connectivity index (χ3v) is 3.67. The van der Waals surface area contributed by atoms with Crippen molar-refractivity contribution < 1.29 is 23.5 Å². The molecule has 6 nitrogen and oxygen atoms in total. The number of rotatable bonds is 8. The molecule has 0 spiro atoms. The molecule has 0 saturated heterocycles. The maximum Gasteiger partial charge on any atom is 0.349 e. The molecule has 0 aliphatic carbocycles. The lowest BCUT2D eigenvalue weighted by Gasteiger charge is -2.04. The van der Waals surface area contributed by atoms with Crippen LogP contribution in [0.5, 0.6) is 0 Å². The van der Waals surface area contributed by atoms with Crippen LogP contribution in [0.2, 0.25) is 0 Å². The smallest absolute Gasteiger partial charge is 0.349 e. The lowest BCUT2D eigenvalue weighted by molar-refractivity contribution is -0.137. The van der Waals surface area contributed by atoms with Crippen LogP contribution in [0.3, 0.4) is 0 Å². The Labute approximate surface area is 158 Å². The van der Waals surface area contributed by atoms with E-state index in [2.05, 4.69) is 0 Å². The number of ether oxygens (including phenoxy) is 2. The Bertz CT molecular complexity index is 855. The van der Waals surface area contributed by atoms with Gasteiger partial charge in [-0.25, -0.2) is 9.59 Å². The SMILES string of the molecule is CCCCOC(=O)c1ccc(-c2ccc(C=C(C#N)C(=O)OCC)o2)cc1. The van der Waals surface area contributed by atoms with Gasteiger partial charge in [0.15, 0.2) is 0 Å². The van der Waals surface area contributed by atoms with Crippen LogP contribution in [-0.2, 0) is 14.3 Å². The van der Waals surface area contributed by atoms with Crippen LogP contribution in [0, 0.1) is 11.3 Å². The van der Waals surface area contributed by atoms with Gasteiger partial charge >= 0.3 is 11.9 Å². The molecule has 0 unspecified atom stereocenters. The Morgan fingerprint density at radius 2 is 1.85 bits per heavy atom. The highest BCUT2D eigenvalue weighted by Crippen LogP contribution is 2.24. The molecule has 0 fully saturated rings. The highest BCUT2D eigenvalue weighted by Gasteiger charge is 2.12. The van der Waals surface area contributed by atoms with E-state index in [-0.39, 0.29) is 18.1 Å². The minimum Gasteiger partial charge on any atom is -0.462 e. The van der Waals surface area contributed by atoms with Crippen LogP contribution >= 0.6 is 0 Å². The zero-order valence-electron chi connectivity index (χ0n) is 15.4. The summed E-state index contributed by atoms with van der Waals surface area (Å²) in [6.07, 6.45) is 3.13. The van der Waals surface area contributed by atoms with Gasteiger partial charge in [0.2, 0.25) is 0 Å². The molecule has 2 rings (SSSR count). The first-order valence-electron chi connectivity index (χ1n) is 8.75. The van der Waals surface area contributed by atoms with E-state index in [4.69, 9.17) is 19.2 Å². The first-order chi connectivity index (χ1) is 13.1. The lowest BCUT2D eigenvalue weighted by atomic mass is 10.1. The minimum absolute atomic E-state index is 0.136. The molecule has 0 bridgehead atoms. The highest BCUT2D eigenvalue weighted by molar-refractivity contribution is 5.97. The summed E-state index contributed by atoms with van der Waals surface area (Å²) in [4.78, 5) is 23.6. The second kappa shape index (κ2) is 9.97. The summed E-state index contributed by atoms with van der Waals surface area (Å²) in [7, 11) is 0. The summed E-state index contributed by atoms with van der Waals surface area (Å²) in [5, 5.41) is 9.06. The fraction of sp³-hybridized carbons (Fsp3) is 0.286. The van der Waals surface area contributed by atoms with Gasteiger partial charge in [-0.05, 0) is 37.6 Å². The molecule has 0 saturated carbocycles. The Morgan fingerprint density at radius 1 is 1.11 bits per heavy atom. The van der Waals surface area contributed by atoms with Gasteiger partial charge in [-0.1, -0.05) is 25.5 Å². The maximum atomic E-state index is 11.9. The van der Waals surface area contributed by atoms with Crippen molar-refractivity contribution in [1.82, 2.24) is 0 Å². The number of hydrogen-bond donors (Lipinski definition) is 0. The van der Waals surface area contributed by atoms with Gasteiger partial charge in [0.05, 0.1) is 18.8 Å². The number of benzene rings is 1. The van der Waals surface area contributed by atoms with Crippen molar-refractivity contribution in [3.8, 4) is 17.4 Å². The fourth-order valence-electron chi connectivity index (χ4n) is 2.24. The topological polar surface area (TPSA) is 89.5 Å². The zero-order chi connectivity index (χ0) is 19.6. The van der Waals surface area contributed by atoms with Gasteiger partial charge in [0.25, 0.3) is 0 Å². The van der Waals surface area contributed by atoms with E-state index in [1.807, 2.05) is 6.92 Å². The van der Waals surface area contributed by atoms with E-state index in [0.29, 0.717) is 23.7 Å². The first-order valence-corrected chi connectivity index (χ1v) is 8.75. The monoisotopic (exact) mass is 367 g/mol. The Kier molecular flexibility index (Phi) is 7.38. The van der Waals surface area contributed by atoms with Crippen molar-refractivity contribution in [2.75, 3.05) is 13.2 Å². The Morgan fingerprint density at radius 3 is 2.48 bits per heavy atom. The summed E-state index contributed by atoms with van der Waals surface area (Å²) in [5.74, 6) is -0.138. The van der Waals surface area contributed by atoms with Gasteiger partial charge in [0, 0.05) is 11.6 Å². The molecule has 0 atom stereocenters. The Hall–Kier alpha value is -3.33. The fourth-order valence-corrected chi connectivity index (χ4v) is 2.24. The van der Waals surface area contributed by atoms with Gasteiger partial charge in [-0.2, -0.15) is 5.26 Å². The van der Waals surface area contributed by atoms with Crippen molar-refractivity contribution >= 4 is 18.0 Å². The van der Waals surface area contributed by atoms with Crippen LogP contribution in [0.1, 0.15) is 42.8 Å². The summed E-state index contributed by atoms with van der Waals surface area (Å²) < 4.78 is 15.6. The molecule has 0 N–H and O–H groups in total. The quantitative estimate of drug-likeness (QED) is 0.298. The first kappa shape index (κ1) is 20.0. The van der Waals surface area contributed by atoms with Crippen LogP contribution < -0.4 is 0 Å². The third-order valence-electron chi connectivity index (χ3n) is 3.67. The molecule has 27 heavy (non-hydrogen) atoms. The minimum atomic E-state index is -0.691. The second-order valence-corrected chi connectivity index (χ2v) is 5.66. The third kappa shape index (κ3) is 5.58. The summed E-state index contributed by atoms with van der Waals surface area (Å²) in [6.45, 7) is 4.30. The molecule has 6 heteroatoms. The van der Waals surface area contributed by atoms with Crippen molar-refractivity contribution in [2.24, 2.45) is 0 Å². The molecule has 0 aliphatic heterocycles. The largest absolute Gasteiger partial charge is 0.462 e. The average molecular weight is 367 g/mol. The van der Waals surface area contributed by atoms with E-state index in [1.54, 1.807) is 49.4 Å². The zero-order valence-corrected chi connectivity index (χ0v) is 15.4. The molecular weight excluding hydrogens is 346 g/mol. The number of unbranched alkanes of at least 4 members (excludes halogenated alkanes) is 1. The van der Waals surface area contributed by atoms with E-state index >= 15 is 0 Å². The molecular formula is C21H21NO5. The number of hydrogen-bond acceptors (Lipinski definition) is 6. The van der Waals surface area contributed by atoms with E-state index < -0.39 is 5.97 Å². The molecule has 1 aromatic heterocycles. The number of furan rings is 1. The van der Waals surface area contributed by atoms with Crippen molar-refractivity contribution in [3.05, 3.63) is 53.3 Å². The standard InChI is InChI=1S/C21H21NO5/c1-3-5-12-26-20(23)16-8-6-15(7-9-16)19-11-10-18(27-19)13-17(14-22)21(24)25-4-2/h6-11,13H,3-5,12H2,1-2H3. The van der Waals surface area contributed by atoms with Gasteiger partial charge in [0.1, 0.15) is 23.2 Å². The molecule has 0 aliphatic rings. The number of esters is 2. The van der Waals surface area contributed by atoms with Crippen LogP contribution in [0.4, 0.5) is 0 Å². The highest BCUT2D eigenvalue weighted by atomic mass is 16.5.